The van der Waals surface area contributed by atoms with Crippen molar-refractivity contribution in [1.82, 2.24) is 4.98 Å². The lowest BCUT2D eigenvalue weighted by molar-refractivity contribution is 0.395. The molecule has 0 N–H and O–H groups in total. The summed E-state index contributed by atoms with van der Waals surface area (Å²) in [4.78, 5) is 4.14. The van der Waals surface area contributed by atoms with E-state index in [2.05, 4.69) is 11.1 Å². The van der Waals surface area contributed by atoms with Crippen LogP contribution in [0.5, 0.6) is 11.5 Å². The monoisotopic (exact) mass is 254 g/mol. The van der Waals surface area contributed by atoms with Crippen molar-refractivity contribution in [2.24, 2.45) is 0 Å². The summed E-state index contributed by atoms with van der Waals surface area (Å²) in [5, 5.41) is 9.18. The molecule has 1 aromatic heterocycles. The standard InChI is InChI=1S/C15H14N2O2/c1-10-6-14(11(8-16)9-17-10)13-5-4-12(18-2)7-15(13)19-3/h4-7,9H,1-3H3. The highest BCUT2D eigenvalue weighted by atomic mass is 16.5. The minimum Gasteiger partial charge on any atom is -0.497 e. The van der Waals surface area contributed by atoms with Crippen molar-refractivity contribution in [2.75, 3.05) is 14.2 Å². The number of pyridine rings is 1. The van der Waals surface area contributed by atoms with Crippen LogP contribution in [0.25, 0.3) is 11.1 Å². The molecule has 0 saturated carbocycles. The average Bonchev–Trinajstić information content (AvgIpc) is 2.46. The van der Waals surface area contributed by atoms with Gasteiger partial charge in [0.2, 0.25) is 0 Å². The lowest BCUT2D eigenvalue weighted by Gasteiger charge is -2.12. The van der Waals surface area contributed by atoms with Crippen molar-refractivity contribution in [3.63, 3.8) is 0 Å². The number of hydrogen-bond acceptors (Lipinski definition) is 4. The molecule has 0 unspecified atom stereocenters. The maximum atomic E-state index is 9.18. The van der Waals surface area contributed by atoms with Crippen LogP contribution in [0.3, 0.4) is 0 Å². The Morgan fingerprint density at radius 1 is 1.11 bits per heavy atom. The molecule has 0 bridgehead atoms. The zero-order chi connectivity index (χ0) is 13.8. The fourth-order valence-corrected chi connectivity index (χ4v) is 1.89. The van der Waals surface area contributed by atoms with Crippen LogP contribution in [0.4, 0.5) is 0 Å². The van der Waals surface area contributed by atoms with Gasteiger partial charge >= 0.3 is 0 Å². The molecule has 0 amide bonds. The van der Waals surface area contributed by atoms with Gasteiger partial charge in [0.25, 0.3) is 0 Å². The number of nitriles is 1. The summed E-state index contributed by atoms with van der Waals surface area (Å²) in [5.41, 5.74) is 3.04. The van der Waals surface area contributed by atoms with Crippen molar-refractivity contribution in [1.29, 1.82) is 5.26 Å². The Morgan fingerprint density at radius 3 is 2.53 bits per heavy atom. The average molecular weight is 254 g/mol. The summed E-state index contributed by atoms with van der Waals surface area (Å²) in [6, 6.07) is 9.55. The molecule has 0 radical (unpaired) electrons. The van der Waals surface area contributed by atoms with Gasteiger partial charge in [-0.2, -0.15) is 5.26 Å². The Bertz CT molecular complexity index is 645. The number of aryl methyl sites for hydroxylation is 1. The van der Waals surface area contributed by atoms with Crippen molar-refractivity contribution >= 4 is 0 Å². The van der Waals surface area contributed by atoms with Crippen molar-refractivity contribution in [3.8, 4) is 28.7 Å². The van der Waals surface area contributed by atoms with Gasteiger partial charge in [0.15, 0.2) is 0 Å². The minimum absolute atomic E-state index is 0.522. The highest BCUT2D eigenvalue weighted by Crippen LogP contribution is 2.35. The molecule has 0 aliphatic rings. The third kappa shape index (κ3) is 2.50. The zero-order valence-corrected chi connectivity index (χ0v) is 11.1. The highest BCUT2D eigenvalue weighted by molar-refractivity contribution is 5.76. The Labute approximate surface area is 112 Å². The molecule has 4 heteroatoms. The van der Waals surface area contributed by atoms with E-state index in [1.54, 1.807) is 26.5 Å². The van der Waals surface area contributed by atoms with E-state index >= 15 is 0 Å². The zero-order valence-electron chi connectivity index (χ0n) is 11.1. The van der Waals surface area contributed by atoms with Crippen LogP contribution in [0.15, 0.2) is 30.5 Å². The van der Waals surface area contributed by atoms with Gasteiger partial charge in [-0.1, -0.05) is 0 Å². The van der Waals surface area contributed by atoms with Gasteiger partial charge in [-0.05, 0) is 25.1 Å². The van der Waals surface area contributed by atoms with E-state index in [1.165, 1.54) is 0 Å². The Balaban J connectivity index is 2.65. The molecular weight excluding hydrogens is 240 g/mol. The number of benzene rings is 1. The first kappa shape index (κ1) is 12.9. The third-order valence-electron chi connectivity index (χ3n) is 2.86. The molecule has 0 aliphatic carbocycles. The van der Waals surface area contributed by atoms with Gasteiger partial charge in [0.1, 0.15) is 17.6 Å². The Hall–Kier alpha value is -2.54. The quantitative estimate of drug-likeness (QED) is 0.845. The molecule has 0 spiro atoms. The number of rotatable bonds is 3. The molecule has 0 aliphatic heterocycles. The van der Waals surface area contributed by atoms with Crippen LogP contribution in [-0.2, 0) is 0 Å². The first-order valence-corrected chi connectivity index (χ1v) is 5.78. The van der Waals surface area contributed by atoms with Crippen molar-refractivity contribution in [2.45, 2.75) is 6.92 Å². The SMILES string of the molecule is COc1ccc(-c2cc(C)ncc2C#N)c(OC)c1. The molecule has 4 nitrogen and oxygen atoms in total. The fraction of sp³-hybridized carbons (Fsp3) is 0.200. The molecule has 19 heavy (non-hydrogen) atoms. The predicted molar refractivity (Wildman–Crippen MR) is 72.2 cm³/mol. The Kier molecular flexibility index (Phi) is 3.67. The summed E-state index contributed by atoms with van der Waals surface area (Å²) in [7, 11) is 3.20. The van der Waals surface area contributed by atoms with E-state index in [1.807, 2.05) is 25.1 Å². The van der Waals surface area contributed by atoms with Crippen molar-refractivity contribution < 1.29 is 9.47 Å². The van der Waals surface area contributed by atoms with E-state index in [9.17, 15) is 5.26 Å². The summed E-state index contributed by atoms with van der Waals surface area (Å²) in [6.07, 6.45) is 1.58. The summed E-state index contributed by atoms with van der Waals surface area (Å²) in [5.74, 6) is 1.38. The smallest absolute Gasteiger partial charge is 0.130 e. The van der Waals surface area contributed by atoms with Crippen LogP contribution in [0, 0.1) is 18.3 Å². The second-order valence-corrected chi connectivity index (χ2v) is 4.05. The van der Waals surface area contributed by atoms with Crippen LogP contribution >= 0.6 is 0 Å². The second-order valence-electron chi connectivity index (χ2n) is 4.05. The molecule has 96 valence electrons. The lowest BCUT2D eigenvalue weighted by atomic mass is 10.00. The molecule has 0 atom stereocenters. The molecule has 2 rings (SSSR count). The second kappa shape index (κ2) is 5.40. The molecular formula is C15H14N2O2. The van der Waals surface area contributed by atoms with Gasteiger partial charge in [0, 0.05) is 29.1 Å². The van der Waals surface area contributed by atoms with Gasteiger partial charge in [0.05, 0.1) is 19.8 Å². The summed E-state index contributed by atoms with van der Waals surface area (Å²) < 4.78 is 10.5. The van der Waals surface area contributed by atoms with Gasteiger partial charge in [-0.15, -0.1) is 0 Å². The summed E-state index contributed by atoms with van der Waals surface area (Å²) in [6.45, 7) is 1.89. The molecule has 2 aromatic rings. The highest BCUT2D eigenvalue weighted by Gasteiger charge is 2.12. The van der Waals surface area contributed by atoms with Crippen molar-refractivity contribution in [3.05, 3.63) is 41.7 Å². The van der Waals surface area contributed by atoms with Crippen LogP contribution in [-0.4, -0.2) is 19.2 Å². The Morgan fingerprint density at radius 2 is 1.89 bits per heavy atom. The third-order valence-corrected chi connectivity index (χ3v) is 2.86. The molecule has 0 fully saturated rings. The number of ether oxygens (including phenoxy) is 2. The van der Waals surface area contributed by atoms with E-state index in [0.717, 1.165) is 16.8 Å². The topological polar surface area (TPSA) is 55.1 Å². The van der Waals surface area contributed by atoms with Gasteiger partial charge in [-0.25, -0.2) is 0 Å². The fourth-order valence-electron chi connectivity index (χ4n) is 1.89. The maximum absolute atomic E-state index is 9.18. The molecule has 1 heterocycles. The molecule has 1 aromatic carbocycles. The van der Waals surface area contributed by atoms with E-state index < -0.39 is 0 Å². The van der Waals surface area contributed by atoms with E-state index in [0.29, 0.717) is 17.1 Å². The van der Waals surface area contributed by atoms with E-state index in [4.69, 9.17) is 9.47 Å². The first-order chi connectivity index (χ1) is 9.19. The first-order valence-electron chi connectivity index (χ1n) is 5.78. The number of aromatic nitrogens is 1. The normalized spacial score (nSPS) is 9.79. The van der Waals surface area contributed by atoms with E-state index in [-0.39, 0.29) is 0 Å². The maximum Gasteiger partial charge on any atom is 0.130 e. The minimum atomic E-state index is 0.522. The van der Waals surface area contributed by atoms with Gasteiger partial charge in [-0.3, -0.25) is 4.98 Å². The van der Waals surface area contributed by atoms with Gasteiger partial charge < -0.3 is 9.47 Å². The summed E-state index contributed by atoms with van der Waals surface area (Å²) >= 11 is 0. The molecule has 0 saturated heterocycles. The lowest BCUT2D eigenvalue weighted by Crippen LogP contribution is -1.94. The van der Waals surface area contributed by atoms with Crippen LogP contribution in [0.1, 0.15) is 11.3 Å². The number of nitrogens with zero attached hydrogens (tertiary/aromatic N) is 2. The number of hydrogen-bond donors (Lipinski definition) is 0. The van der Waals surface area contributed by atoms with Crippen LogP contribution in [0.2, 0.25) is 0 Å². The predicted octanol–water partition coefficient (Wildman–Crippen LogP) is 2.95. The largest absolute Gasteiger partial charge is 0.497 e. The number of methoxy groups -OCH3 is 2. The van der Waals surface area contributed by atoms with Crippen LogP contribution < -0.4 is 9.47 Å².